The summed E-state index contributed by atoms with van der Waals surface area (Å²) in [6.45, 7) is 1.78. The fraction of sp³-hybridized carbons (Fsp3) is 0.0455. The van der Waals surface area contributed by atoms with E-state index in [1.54, 1.807) is 31.2 Å². The van der Waals surface area contributed by atoms with Crippen molar-refractivity contribution >= 4 is 48.9 Å². The molecule has 0 aliphatic heterocycles. The van der Waals surface area contributed by atoms with Crippen LogP contribution in [0.25, 0.3) is 10.8 Å². The Bertz CT molecular complexity index is 1370. The Morgan fingerprint density at radius 1 is 0.933 bits per heavy atom. The number of benzene rings is 3. The average molecular weight is 457 g/mol. The number of anilines is 1. The highest BCUT2D eigenvalue weighted by atomic mass is 35.5. The van der Waals surface area contributed by atoms with E-state index in [0.717, 1.165) is 16.5 Å². The van der Waals surface area contributed by atoms with Crippen molar-refractivity contribution in [2.45, 2.75) is 21.6 Å². The van der Waals surface area contributed by atoms with E-state index >= 15 is 0 Å². The van der Waals surface area contributed by atoms with Crippen LogP contribution in [0.2, 0.25) is 5.02 Å². The predicted molar refractivity (Wildman–Crippen MR) is 120 cm³/mol. The molecule has 1 N–H and O–H groups in total. The highest BCUT2D eigenvalue weighted by Crippen LogP contribution is 2.29. The Morgan fingerprint density at radius 2 is 1.70 bits per heavy atom. The molecule has 1 atom stereocenters. The minimum atomic E-state index is -3.80. The first-order chi connectivity index (χ1) is 14.3. The first kappa shape index (κ1) is 20.5. The molecule has 1 heterocycles. The molecule has 1 unspecified atom stereocenters. The largest absolute Gasteiger partial charge is 0.280 e. The van der Waals surface area contributed by atoms with Gasteiger partial charge in [-0.2, -0.15) is 0 Å². The lowest BCUT2D eigenvalue weighted by molar-refractivity contribution is 0.600. The van der Waals surface area contributed by atoms with Crippen LogP contribution in [0, 0.1) is 6.92 Å². The van der Waals surface area contributed by atoms with Gasteiger partial charge in [-0.15, -0.1) is 0 Å². The number of hydrogen-bond acceptors (Lipinski definition) is 4. The summed E-state index contributed by atoms with van der Waals surface area (Å²) in [5, 5.41) is 2.25. The van der Waals surface area contributed by atoms with Crippen LogP contribution >= 0.6 is 11.6 Å². The molecule has 0 spiro atoms. The summed E-state index contributed by atoms with van der Waals surface area (Å²) in [5.74, 6) is 0. The van der Waals surface area contributed by atoms with Gasteiger partial charge in [0, 0.05) is 16.8 Å². The molecule has 0 radical (unpaired) electrons. The van der Waals surface area contributed by atoms with Gasteiger partial charge < -0.3 is 0 Å². The lowest BCUT2D eigenvalue weighted by Crippen LogP contribution is -2.13. The Labute approximate surface area is 182 Å². The summed E-state index contributed by atoms with van der Waals surface area (Å²) in [4.78, 5) is 5.09. The molecular formula is C22H17ClN2O3S2. The Hall–Kier alpha value is -2.74. The third kappa shape index (κ3) is 4.23. The molecule has 0 aliphatic rings. The number of sulfonamides is 1. The molecule has 0 bridgehead atoms. The molecule has 0 saturated heterocycles. The summed E-state index contributed by atoms with van der Waals surface area (Å²) >= 11 is 6.35. The van der Waals surface area contributed by atoms with Crippen LogP contribution in [0.3, 0.4) is 0 Å². The van der Waals surface area contributed by atoms with Crippen LogP contribution in [-0.4, -0.2) is 17.6 Å². The average Bonchev–Trinajstić information content (AvgIpc) is 2.73. The molecule has 0 saturated carbocycles. The molecule has 4 aromatic rings. The third-order valence-corrected chi connectivity index (χ3v) is 7.74. The van der Waals surface area contributed by atoms with Gasteiger partial charge in [0.2, 0.25) is 0 Å². The maximum absolute atomic E-state index is 13.0. The van der Waals surface area contributed by atoms with Gasteiger partial charge in [-0.25, -0.2) is 12.6 Å². The Kier molecular flexibility index (Phi) is 5.60. The monoisotopic (exact) mass is 456 g/mol. The number of nitrogens with zero attached hydrogens (tertiary/aromatic N) is 1. The van der Waals surface area contributed by atoms with Gasteiger partial charge in [-0.1, -0.05) is 41.9 Å². The van der Waals surface area contributed by atoms with Crippen molar-refractivity contribution in [2.24, 2.45) is 0 Å². The first-order valence-corrected chi connectivity index (χ1v) is 12.0. The van der Waals surface area contributed by atoms with E-state index in [1.165, 1.54) is 18.3 Å². The second kappa shape index (κ2) is 8.18. The number of nitrogens with one attached hydrogen (secondary N) is 1. The van der Waals surface area contributed by atoms with Crippen molar-refractivity contribution in [3.05, 3.63) is 89.7 Å². The predicted octanol–water partition coefficient (Wildman–Crippen LogP) is 5.16. The van der Waals surface area contributed by atoms with Crippen LogP contribution in [0.15, 0.2) is 93.7 Å². The van der Waals surface area contributed by atoms with Crippen molar-refractivity contribution in [3.63, 3.8) is 0 Å². The molecule has 30 heavy (non-hydrogen) atoms. The molecule has 8 heteroatoms. The van der Waals surface area contributed by atoms with E-state index in [1.807, 2.05) is 36.4 Å². The van der Waals surface area contributed by atoms with Gasteiger partial charge in [-0.3, -0.25) is 9.71 Å². The van der Waals surface area contributed by atoms with Gasteiger partial charge in [0.05, 0.1) is 26.4 Å². The van der Waals surface area contributed by atoms with Crippen molar-refractivity contribution in [1.82, 2.24) is 4.98 Å². The zero-order valence-corrected chi connectivity index (χ0v) is 18.3. The van der Waals surface area contributed by atoms with E-state index in [4.69, 9.17) is 11.6 Å². The van der Waals surface area contributed by atoms with Crippen LogP contribution in [-0.2, 0) is 20.8 Å². The van der Waals surface area contributed by atoms with Crippen molar-refractivity contribution in [1.29, 1.82) is 0 Å². The third-order valence-electron chi connectivity index (χ3n) is 4.51. The molecule has 0 aliphatic carbocycles. The zero-order chi connectivity index (χ0) is 21.3. The van der Waals surface area contributed by atoms with Crippen LogP contribution in [0.1, 0.15) is 5.69 Å². The number of rotatable bonds is 5. The minimum absolute atomic E-state index is 0.0491. The van der Waals surface area contributed by atoms with E-state index < -0.39 is 20.8 Å². The number of aromatic nitrogens is 1. The summed E-state index contributed by atoms with van der Waals surface area (Å²) in [6.07, 6.45) is 1.29. The zero-order valence-electron chi connectivity index (χ0n) is 15.9. The number of hydrogen-bond donors (Lipinski definition) is 1. The van der Waals surface area contributed by atoms with Crippen molar-refractivity contribution in [3.8, 4) is 0 Å². The summed E-state index contributed by atoms with van der Waals surface area (Å²) in [6, 6.07) is 21.1. The molecule has 3 aromatic carbocycles. The first-order valence-electron chi connectivity index (χ1n) is 8.99. The van der Waals surface area contributed by atoms with E-state index in [-0.39, 0.29) is 15.6 Å². The highest BCUT2D eigenvalue weighted by molar-refractivity contribution is 7.92. The summed E-state index contributed by atoms with van der Waals surface area (Å²) in [5.41, 5.74) is 0.998. The maximum Gasteiger partial charge on any atom is 0.263 e. The fourth-order valence-corrected chi connectivity index (χ4v) is 5.44. The fourth-order valence-electron chi connectivity index (χ4n) is 2.95. The normalized spacial score (nSPS) is 12.6. The van der Waals surface area contributed by atoms with Crippen molar-refractivity contribution < 1.29 is 12.6 Å². The Balaban J connectivity index is 1.60. The standard InChI is InChI=1S/C22H17ClN2O3S2/c1-15-6-10-20(14-24-15)30(27,28)25-18-8-11-22(21(23)13-18)29(26)19-9-7-16-4-2-3-5-17(16)12-19/h2-14,25H,1H3. The van der Waals surface area contributed by atoms with E-state index in [0.29, 0.717) is 9.79 Å². The van der Waals surface area contributed by atoms with E-state index in [9.17, 15) is 12.6 Å². The van der Waals surface area contributed by atoms with Crippen LogP contribution in [0.4, 0.5) is 5.69 Å². The summed E-state index contributed by atoms with van der Waals surface area (Å²) < 4.78 is 40.6. The molecule has 0 amide bonds. The van der Waals surface area contributed by atoms with Gasteiger partial charge in [0.1, 0.15) is 4.90 Å². The Morgan fingerprint density at radius 3 is 2.40 bits per heavy atom. The SMILES string of the molecule is Cc1ccc(S(=O)(=O)Nc2ccc(S(=O)c3ccc4ccccc4c3)c(Cl)c2)cn1. The molecule has 152 valence electrons. The topological polar surface area (TPSA) is 76.1 Å². The second-order valence-electron chi connectivity index (χ2n) is 6.66. The van der Waals surface area contributed by atoms with E-state index in [2.05, 4.69) is 9.71 Å². The highest BCUT2D eigenvalue weighted by Gasteiger charge is 2.17. The van der Waals surface area contributed by atoms with Gasteiger partial charge in [0.15, 0.2) is 0 Å². The molecule has 1 aromatic heterocycles. The van der Waals surface area contributed by atoms with Crippen LogP contribution < -0.4 is 4.72 Å². The quantitative estimate of drug-likeness (QED) is 0.449. The molecule has 4 rings (SSSR count). The molecular weight excluding hydrogens is 440 g/mol. The second-order valence-corrected chi connectivity index (χ2v) is 10.2. The number of halogens is 1. The minimum Gasteiger partial charge on any atom is -0.280 e. The number of aryl methyl sites for hydroxylation is 1. The van der Waals surface area contributed by atoms with Crippen LogP contribution in [0.5, 0.6) is 0 Å². The molecule has 0 fully saturated rings. The number of pyridine rings is 1. The number of fused-ring (bicyclic) bond motifs is 1. The summed E-state index contributed by atoms with van der Waals surface area (Å²) in [7, 11) is -5.31. The van der Waals surface area contributed by atoms with Gasteiger partial charge in [-0.05, 0) is 60.2 Å². The lowest BCUT2D eigenvalue weighted by Gasteiger charge is -2.11. The van der Waals surface area contributed by atoms with Crippen molar-refractivity contribution in [2.75, 3.05) is 4.72 Å². The maximum atomic E-state index is 13.0. The van der Waals surface area contributed by atoms with Gasteiger partial charge in [0.25, 0.3) is 10.0 Å². The lowest BCUT2D eigenvalue weighted by atomic mass is 10.1. The molecule has 5 nitrogen and oxygen atoms in total. The smallest absolute Gasteiger partial charge is 0.263 e. The van der Waals surface area contributed by atoms with Gasteiger partial charge >= 0.3 is 0 Å².